The van der Waals surface area contributed by atoms with Crippen LogP contribution in [0.3, 0.4) is 0 Å². The largest absolute Gasteiger partial charge is 0.358 e. The van der Waals surface area contributed by atoms with Crippen molar-refractivity contribution in [2.75, 3.05) is 0 Å². The summed E-state index contributed by atoms with van der Waals surface area (Å²) in [5.41, 5.74) is 0.701. The van der Waals surface area contributed by atoms with Crippen molar-refractivity contribution in [3.8, 4) is 0 Å². The third kappa shape index (κ3) is 0.944. The van der Waals surface area contributed by atoms with Gasteiger partial charge >= 0.3 is 0 Å². The smallest absolute Gasteiger partial charge is 0.167 e. The van der Waals surface area contributed by atoms with Crippen molar-refractivity contribution < 1.29 is 9.53 Å². The van der Waals surface area contributed by atoms with E-state index in [1.165, 1.54) is 0 Å². The standard InChI is InChI=1S/C10H14O2/c1-6(2)7-4-8(11)10(3)9(5-7)12-10/h7,9H,1,4-5H2,2-3H3/t7-,9?,10-/m0/s1. The van der Waals surface area contributed by atoms with Gasteiger partial charge in [-0.25, -0.2) is 0 Å². The second-order valence-electron chi connectivity index (χ2n) is 4.12. The van der Waals surface area contributed by atoms with Crippen molar-refractivity contribution in [3.63, 3.8) is 0 Å². The summed E-state index contributed by atoms with van der Waals surface area (Å²) in [4.78, 5) is 11.5. The molecule has 1 saturated heterocycles. The van der Waals surface area contributed by atoms with Gasteiger partial charge in [0.2, 0.25) is 0 Å². The fourth-order valence-electron chi connectivity index (χ4n) is 1.92. The van der Waals surface area contributed by atoms with E-state index in [4.69, 9.17) is 4.74 Å². The van der Waals surface area contributed by atoms with Crippen LogP contribution in [0.1, 0.15) is 26.7 Å². The van der Waals surface area contributed by atoms with Crippen LogP contribution in [0.2, 0.25) is 0 Å². The van der Waals surface area contributed by atoms with E-state index in [9.17, 15) is 4.79 Å². The number of ether oxygens (including phenoxy) is 1. The van der Waals surface area contributed by atoms with Crippen molar-refractivity contribution in [2.45, 2.75) is 38.4 Å². The molecule has 2 aliphatic rings. The van der Waals surface area contributed by atoms with Crippen LogP contribution in [0.15, 0.2) is 12.2 Å². The molecule has 0 spiro atoms. The van der Waals surface area contributed by atoms with Gasteiger partial charge in [0.05, 0.1) is 6.10 Å². The van der Waals surface area contributed by atoms with E-state index < -0.39 is 5.60 Å². The fourth-order valence-corrected chi connectivity index (χ4v) is 1.92. The first kappa shape index (κ1) is 7.99. The van der Waals surface area contributed by atoms with Crippen molar-refractivity contribution in [1.29, 1.82) is 0 Å². The Morgan fingerprint density at radius 3 is 2.92 bits per heavy atom. The average Bonchev–Trinajstić information content (AvgIpc) is 2.62. The van der Waals surface area contributed by atoms with E-state index in [-0.39, 0.29) is 11.9 Å². The van der Waals surface area contributed by atoms with E-state index in [0.29, 0.717) is 12.3 Å². The molecule has 2 heteroatoms. The highest BCUT2D eigenvalue weighted by Crippen LogP contribution is 2.48. The summed E-state index contributed by atoms with van der Waals surface area (Å²) in [5.74, 6) is 0.616. The Kier molecular flexibility index (Phi) is 1.46. The second kappa shape index (κ2) is 2.19. The van der Waals surface area contributed by atoms with Gasteiger partial charge in [-0.3, -0.25) is 4.79 Å². The zero-order chi connectivity index (χ0) is 8.93. The van der Waals surface area contributed by atoms with Gasteiger partial charge < -0.3 is 4.74 Å². The molecule has 0 aromatic rings. The predicted octanol–water partition coefficient (Wildman–Crippen LogP) is 1.70. The number of ketones is 1. The number of rotatable bonds is 1. The third-order valence-electron chi connectivity index (χ3n) is 3.13. The number of allylic oxidation sites excluding steroid dienone is 1. The fraction of sp³-hybridized carbons (Fsp3) is 0.700. The molecular weight excluding hydrogens is 152 g/mol. The van der Waals surface area contributed by atoms with Gasteiger partial charge in [0.1, 0.15) is 5.60 Å². The topological polar surface area (TPSA) is 29.6 Å². The minimum absolute atomic E-state index is 0.181. The Morgan fingerprint density at radius 1 is 1.75 bits per heavy atom. The molecule has 2 fully saturated rings. The lowest BCUT2D eigenvalue weighted by molar-refractivity contribution is -0.124. The van der Waals surface area contributed by atoms with Crippen LogP contribution in [0, 0.1) is 5.92 Å². The monoisotopic (exact) mass is 166 g/mol. The second-order valence-corrected chi connectivity index (χ2v) is 4.12. The van der Waals surface area contributed by atoms with E-state index in [2.05, 4.69) is 6.58 Å². The number of Topliss-reactive ketones (excluding diaryl/α,β-unsaturated/α-hetero) is 1. The Bertz CT molecular complexity index is 257. The summed E-state index contributed by atoms with van der Waals surface area (Å²) in [5, 5.41) is 0. The van der Waals surface area contributed by atoms with Crippen LogP contribution in [-0.2, 0) is 9.53 Å². The minimum Gasteiger partial charge on any atom is -0.358 e. The molecule has 12 heavy (non-hydrogen) atoms. The van der Waals surface area contributed by atoms with Crippen LogP contribution in [0.25, 0.3) is 0 Å². The van der Waals surface area contributed by atoms with Crippen LogP contribution >= 0.6 is 0 Å². The molecule has 0 N–H and O–H groups in total. The predicted molar refractivity (Wildman–Crippen MR) is 45.8 cm³/mol. The Balaban J connectivity index is 2.12. The number of hydrogen-bond donors (Lipinski definition) is 0. The van der Waals surface area contributed by atoms with Gasteiger partial charge in [0, 0.05) is 6.42 Å². The van der Waals surface area contributed by atoms with Crippen LogP contribution in [-0.4, -0.2) is 17.5 Å². The first-order chi connectivity index (χ1) is 5.54. The van der Waals surface area contributed by atoms with Crippen molar-refractivity contribution in [1.82, 2.24) is 0 Å². The molecule has 1 heterocycles. The molecular formula is C10H14O2. The van der Waals surface area contributed by atoms with E-state index in [1.54, 1.807) is 0 Å². The highest BCUT2D eigenvalue weighted by molar-refractivity contribution is 5.91. The highest BCUT2D eigenvalue weighted by atomic mass is 16.6. The summed E-state index contributed by atoms with van der Waals surface area (Å²) in [6, 6.07) is 0. The lowest BCUT2D eigenvalue weighted by Crippen LogP contribution is -2.32. The lowest BCUT2D eigenvalue weighted by atomic mass is 9.79. The molecule has 0 aromatic heterocycles. The van der Waals surface area contributed by atoms with Gasteiger partial charge in [0.25, 0.3) is 0 Å². The van der Waals surface area contributed by atoms with Crippen molar-refractivity contribution in [3.05, 3.63) is 12.2 Å². The van der Waals surface area contributed by atoms with Gasteiger partial charge in [-0.1, -0.05) is 12.2 Å². The molecule has 2 rings (SSSR count). The van der Waals surface area contributed by atoms with Crippen molar-refractivity contribution >= 4 is 5.78 Å². The lowest BCUT2D eigenvalue weighted by Gasteiger charge is -2.21. The Morgan fingerprint density at radius 2 is 2.42 bits per heavy atom. The van der Waals surface area contributed by atoms with Gasteiger partial charge in [0.15, 0.2) is 5.78 Å². The molecule has 1 saturated carbocycles. The van der Waals surface area contributed by atoms with E-state index in [0.717, 1.165) is 12.0 Å². The maximum absolute atomic E-state index is 11.5. The molecule has 1 aliphatic heterocycles. The summed E-state index contributed by atoms with van der Waals surface area (Å²) < 4.78 is 5.37. The minimum atomic E-state index is -0.411. The maximum atomic E-state index is 11.5. The Hall–Kier alpha value is -0.630. The molecule has 1 aliphatic carbocycles. The summed E-state index contributed by atoms with van der Waals surface area (Å²) in [7, 11) is 0. The Labute approximate surface area is 72.6 Å². The first-order valence-electron chi connectivity index (χ1n) is 4.40. The van der Waals surface area contributed by atoms with Gasteiger partial charge in [-0.2, -0.15) is 0 Å². The average molecular weight is 166 g/mol. The van der Waals surface area contributed by atoms with Crippen LogP contribution in [0.5, 0.6) is 0 Å². The van der Waals surface area contributed by atoms with Crippen LogP contribution in [0.4, 0.5) is 0 Å². The van der Waals surface area contributed by atoms with Crippen LogP contribution < -0.4 is 0 Å². The molecule has 0 radical (unpaired) electrons. The molecule has 66 valence electrons. The quantitative estimate of drug-likeness (QED) is 0.438. The number of carbonyl (C=O) groups excluding carboxylic acids is 1. The normalized spacial score (nSPS) is 45.3. The first-order valence-corrected chi connectivity index (χ1v) is 4.40. The molecule has 3 atom stereocenters. The molecule has 0 bridgehead atoms. The van der Waals surface area contributed by atoms with E-state index in [1.807, 2.05) is 13.8 Å². The summed E-state index contributed by atoms with van der Waals surface area (Å²) in [6.07, 6.45) is 1.79. The zero-order valence-electron chi connectivity index (χ0n) is 7.59. The number of hydrogen-bond acceptors (Lipinski definition) is 2. The molecule has 1 unspecified atom stereocenters. The zero-order valence-corrected chi connectivity index (χ0v) is 7.59. The number of epoxide rings is 1. The molecule has 0 amide bonds. The third-order valence-corrected chi connectivity index (χ3v) is 3.13. The summed E-state index contributed by atoms with van der Waals surface area (Å²) >= 11 is 0. The number of fused-ring (bicyclic) bond motifs is 1. The van der Waals surface area contributed by atoms with Gasteiger partial charge in [-0.05, 0) is 26.2 Å². The highest BCUT2D eigenvalue weighted by Gasteiger charge is 2.61. The maximum Gasteiger partial charge on any atom is 0.167 e. The number of carbonyl (C=O) groups is 1. The SMILES string of the molecule is C=C(C)[C@H]1CC(=O)[C@]2(C)OC2C1. The van der Waals surface area contributed by atoms with E-state index >= 15 is 0 Å². The molecule has 2 nitrogen and oxygen atoms in total. The summed E-state index contributed by atoms with van der Waals surface area (Å²) in [6.45, 7) is 7.77. The van der Waals surface area contributed by atoms with Gasteiger partial charge in [-0.15, -0.1) is 0 Å². The van der Waals surface area contributed by atoms with Crippen molar-refractivity contribution in [2.24, 2.45) is 5.92 Å². The molecule has 0 aromatic carbocycles.